The van der Waals surface area contributed by atoms with E-state index in [1.165, 1.54) is 7.11 Å². The number of amides is 1. The van der Waals surface area contributed by atoms with E-state index in [0.717, 1.165) is 18.5 Å². The van der Waals surface area contributed by atoms with Crippen LogP contribution in [0.3, 0.4) is 0 Å². The van der Waals surface area contributed by atoms with E-state index in [9.17, 15) is 4.79 Å². The normalized spacial score (nSPS) is 22.7. The van der Waals surface area contributed by atoms with Gasteiger partial charge in [-0.1, -0.05) is 0 Å². The highest BCUT2D eigenvalue weighted by Crippen LogP contribution is 2.43. The summed E-state index contributed by atoms with van der Waals surface area (Å²) in [4.78, 5) is 17.7. The van der Waals surface area contributed by atoms with Gasteiger partial charge in [0.2, 0.25) is 5.88 Å². The van der Waals surface area contributed by atoms with Gasteiger partial charge in [0.15, 0.2) is 0 Å². The third kappa shape index (κ3) is 2.56. The second-order valence-electron chi connectivity index (χ2n) is 5.79. The first kappa shape index (κ1) is 14.9. The van der Waals surface area contributed by atoms with Crippen molar-refractivity contribution in [1.82, 2.24) is 9.88 Å². The van der Waals surface area contributed by atoms with Gasteiger partial charge in [-0.2, -0.15) is 0 Å². The van der Waals surface area contributed by atoms with Gasteiger partial charge in [0, 0.05) is 38.4 Å². The Morgan fingerprint density at radius 2 is 2.14 bits per heavy atom. The van der Waals surface area contributed by atoms with Crippen LogP contribution in [0.5, 0.6) is 11.6 Å². The second kappa shape index (κ2) is 5.64. The van der Waals surface area contributed by atoms with Crippen molar-refractivity contribution in [2.24, 2.45) is 5.73 Å². The average Bonchev–Trinajstić information content (AvgIpc) is 2.54. The molecule has 22 heavy (non-hydrogen) atoms. The molecule has 1 atom stereocenters. The Balaban J connectivity index is 1.77. The Kier molecular flexibility index (Phi) is 3.82. The quantitative estimate of drug-likeness (QED) is 0.845. The number of methoxy groups -OCH3 is 2. The molecule has 1 spiro atoms. The van der Waals surface area contributed by atoms with Gasteiger partial charge in [-0.3, -0.25) is 0 Å². The van der Waals surface area contributed by atoms with Crippen LogP contribution in [0.4, 0.5) is 4.79 Å². The smallest absolute Gasteiger partial charge is 0.409 e. The number of nitrogens with zero attached hydrogens (tertiary/aromatic N) is 2. The molecule has 120 valence electrons. The monoisotopic (exact) mass is 307 g/mol. The molecule has 0 aromatic carbocycles. The van der Waals surface area contributed by atoms with Crippen LogP contribution in [-0.2, 0) is 4.74 Å². The lowest BCUT2D eigenvalue weighted by Crippen LogP contribution is -2.52. The first-order chi connectivity index (χ1) is 10.6. The van der Waals surface area contributed by atoms with E-state index in [2.05, 4.69) is 4.98 Å². The number of aromatic nitrogens is 1. The maximum Gasteiger partial charge on any atom is 0.409 e. The van der Waals surface area contributed by atoms with Crippen LogP contribution in [0.1, 0.15) is 31.0 Å². The van der Waals surface area contributed by atoms with Gasteiger partial charge < -0.3 is 24.8 Å². The van der Waals surface area contributed by atoms with Crippen LogP contribution in [0, 0.1) is 0 Å². The van der Waals surface area contributed by atoms with Crippen molar-refractivity contribution >= 4 is 6.09 Å². The average molecular weight is 307 g/mol. The summed E-state index contributed by atoms with van der Waals surface area (Å²) in [5.41, 5.74) is 6.70. The maximum absolute atomic E-state index is 11.6. The molecule has 0 saturated carbocycles. The largest absolute Gasteiger partial charge is 0.485 e. The molecule has 1 amide bonds. The molecule has 3 heterocycles. The molecule has 0 bridgehead atoms. The third-order valence-corrected chi connectivity index (χ3v) is 4.45. The van der Waals surface area contributed by atoms with Crippen LogP contribution in [0.2, 0.25) is 0 Å². The zero-order valence-electron chi connectivity index (χ0n) is 12.9. The van der Waals surface area contributed by atoms with E-state index >= 15 is 0 Å². The first-order valence-corrected chi connectivity index (χ1v) is 7.39. The highest BCUT2D eigenvalue weighted by molar-refractivity contribution is 5.67. The maximum atomic E-state index is 11.6. The second-order valence-corrected chi connectivity index (χ2v) is 5.79. The van der Waals surface area contributed by atoms with Crippen molar-refractivity contribution in [3.05, 3.63) is 17.8 Å². The summed E-state index contributed by atoms with van der Waals surface area (Å²) in [6, 6.07) is 3.44. The minimum Gasteiger partial charge on any atom is -0.485 e. The molecule has 1 aromatic rings. The molecular weight excluding hydrogens is 286 g/mol. The summed E-state index contributed by atoms with van der Waals surface area (Å²) < 4.78 is 16.1. The van der Waals surface area contributed by atoms with Crippen LogP contribution in [0.15, 0.2) is 12.1 Å². The Morgan fingerprint density at radius 3 is 2.77 bits per heavy atom. The number of carbonyl (C=O) groups is 1. The van der Waals surface area contributed by atoms with Gasteiger partial charge in [0.1, 0.15) is 17.0 Å². The molecule has 3 rings (SSSR count). The van der Waals surface area contributed by atoms with Gasteiger partial charge in [0.25, 0.3) is 0 Å². The number of carbonyl (C=O) groups excluding carboxylic acids is 1. The number of nitrogens with two attached hydrogens (primary N) is 1. The number of piperidine rings is 1. The Hall–Kier alpha value is -2.02. The van der Waals surface area contributed by atoms with Gasteiger partial charge >= 0.3 is 6.09 Å². The van der Waals surface area contributed by atoms with E-state index in [0.29, 0.717) is 31.1 Å². The van der Waals surface area contributed by atoms with Gasteiger partial charge in [-0.25, -0.2) is 9.78 Å². The lowest BCUT2D eigenvalue weighted by Gasteiger charge is -2.45. The molecule has 2 N–H and O–H groups in total. The van der Waals surface area contributed by atoms with Crippen molar-refractivity contribution in [3.63, 3.8) is 0 Å². The molecule has 7 heteroatoms. The molecule has 0 radical (unpaired) electrons. The fourth-order valence-corrected chi connectivity index (χ4v) is 3.21. The number of likely N-dealkylation sites (tertiary alicyclic amines) is 1. The van der Waals surface area contributed by atoms with Crippen LogP contribution in [0.25, 0.3) is 0 Å². The van der Waals surface area contributed by atoms with Crippen molar-refractivity contribution < 1.29 is 19.0 Å². The summed E-state index contributed by atoms with van der Waals surface area (Å²) in [5, 5.41) is 0. The Labute approximate surface area is 129 Å². The number of fused-ring (bicyclic) bond motifs is 1. The van der Waals surface area contributed by atoms with E-state index < -0.39 is 0 Å². The summed E-state index contributed by atoms with van der Waals surface area (Å²) in [5.74, 6) is 1.25. The van der Waals surface area contributed by atoms with E-state index in [4.69, 9.17) is 19.9 Å². The lowest BCUT2D eigenvalue weighted by atomic mass is 9.82. The summed E-state index contributed by atoms with van der Waals surface area (Å²) in [6.07, 6.45) is 1.87. The van der Waals surface area contributed by atoms with Gasteiger partial charge in [0.05, 0.1) is 20.3 Å². The SMILES string of the molecule is COC(=O)N1CCC2(CC1)CC(N)c1nc(OC)ccc1O2. The van der Waals surface area contributed by atoms with Crippen molar-refractivity contribution in [3.8, 4) is 11.6 Å². The lowest BCUT2D eigenvalue weighted by molar-refractivity contribution is -0.0204. The number of rotatable bonds is 1. The highest BCUT2D eigenvalue weighted by atomic mass is 16.5. The van der Waals surface area contributed by atoms with E-state index in [1.807, 2.05) is 6.07 Å². The van der Waals surface area contributed by atoms with Gasteiger partial charge in [-0.15, -0.1) is 0 Å². The van der Waals surface area contributed by atoms with Gasteiger partial charge in [-0.05, 0) is 6.07 Å². The number of pyridine rings is 1. The predicted octanol–water partition coefficient (Wildman–Crippen LogP) is 1.47. The molecule has 1 aromatic heterocycles. The summed E-state index contributed by atoms with van der Waals surface area (Å²) in [6.45, 7) is 1.22. The molecule has 2 aliphatic heterocycles. The molecule has 7 nitrogen and oxygen atoms in total. The topological polar surface area (TPSA) is 86.9 Å². The molecular formula is C15H21N3O4. The van der Waals surface area contributed by atoms with Crippen molar-refractivity contribution in [1.29, 1.82) is 0 Å². The summed E-state index contributed by atoms with van der Waals surface area (Å²) in [7, 11) is 2.98. The third-order valence-electron chi connectivity index (χ3n) is 4.45. The number of ether oxygens (including phenoxy) is 3. The molecule has 1 saturated heterocycles. The zero-order chi connectivity index (χ0) is 15.7. The van der Waals surface area contributed by atoms with Crippen LogP contribution < -0.4 is 15.2 Å². The standard InChI is InChI=1S/C15H21N3O4/c1-20-12-4-3-11-13(17-12)10(16)9-15(22-11)5-7-18(8-6-15)14(19)21-2/h3-4,10H,5-9,16H2,1-2H3. The fraction of sp³-hybridized carbons (Fsp3) is 0.600. The molecule has 1 fully saturated rings. The van der Waals surface area contributed by atoms with Crippen LogP contribution in [-0.4, -0.2) is 48.9 Å². The van der Waals surface area contributed by atoms with E-state index in [1.54, 1.807) is 18.1 Å². The fourth-order valence-electron chi connectivity index (χ4n) is 3.21. The Morgan fingerprint density at radius 1 is 1.41 bits per heavy atom. The minimum atomic E-state index is -0.326. The van der Waals surface area contributed by atoms with E-state index in [-0.39, 0.29) is 17.7 Å². The molecule has 0 aliphatic carbocycles. The Bertz CT molecular complexity index is 570. The highest BCUT2D eigenvalue weighted by Gasteiger charge is 2.43. The molecule has 1 unspecified atom stereocenters. The number of hydrogen-bond acceptors (Lipinski definition) is 6. The first-order valence-electron chi connectivity index (χ1n) is 7.39. The molecule has 2 aliphatic rings. The summed E-state index contributed by atoms with van der Waals surface area (Å²) >= 11 is 0. The van der Waals surface area contributed by atoms with Crippen molar-refractivity contribution in [2.45, 2.75) is 30.9 Å². The number of hydrogen-bond donors (Lipinski definition) is 1. The predicted molar refractivity (Wildman–Crippen MR) is 78.9 cm³/mol. The zero-order valence-corrected chi connectivity index (χ0v) is 12.9. The minimum absolute atomic E-state index is 0.191. The van der Waals surface area contributed by atoms with Crippen LogP contribution >= 0.6 is 0 Å². The van der Waals surface area contributed by atoms with Crippen molar-refractivity contribution in [2.75, 3.05) is 27.3 Å².